The van der Waals surface area contributed by atoms with Crippen LogP contribution in [-0.2, 0) is 0 Å². The van der Waals surface area contributed by atoms with Crippen LogP contribution in [0.3, 0.4) is 0 Å². The largest absolute Gasteiger partial charge is 0.381 e. The number of hydrogen-bond acceptors (Lipinski definition) is 2. The molecule has 0 amide bonds. The summed E-state index contributed by atoms with van der Waals surface area (Å²) in [5.74, 6) is 0. The van der Waals surface area contributed by atoms with Gasteiger partial charge in [0.2, 0.25) is 0 Å². The van der Waals surface area contributed by atoms with E-state index in [1.807, 2.05) is 6.92 Å². The second kappa shape index (κ2) is 3.84. The number of fused-ring (bicyclic) bond motifs is 1. The summed E-state index contributed by atoms with van der Waals surface area (Å²) in [4.78, 5) is 0. The number of rotatable bonds is 3. The van der Waals surface area contributed by atoms with Gasteiger partial charge >= 0.3 is 0 Å². The second-order valence-corrected chi connectivity index (χ2v) is 4.43. The van der Waals surface area contributed by atoms with Gasteiger partial charge in [0.25, 0.3) is 0 Å². The Morgan fingerprint density at radius 2 is 2.29 bits per heavy atom. The molecule has 1 N–H and O–H groups in total. The lowest BCUT2D eigenvalue weighted by molar-refractivity contribution is 1.22. The summed E-state index contributed by atoms with van der Waals surface area (Å²) in [6.45, 7) is 6.73. The van der Waals surface area contributed by atoms with Crippen LogP contribution >= 0.6 is 11.3 Å². The molecule has 0 bridgehead atoms. The van der Waals surface area contributed by atoms with Crippen molar-refractivity contribution in [2.24, 2.45) is 0 Å². The number of hydrogen-bond donors (Lipinski definition) is 1. The van der Waals surface area contributed by atoms with Crippen molar-refractivity contribution in [3.05, 3.63) is 41.8 Å². The van der Waals surface area contributed by atoms with Gasteiger partial charge in [-0.2, -0.15) is 0 Å². The molecule has 0 saturated heterocycles. The molecule has 1 aromatic carbocycles. The van der Waals surface area contributed by atoms with E-state index in [1.54, 1.807) is 11.3 Å². The maximum Gasteiger partial charge on any atom is 0.0354 e. The van der Waals surface area contributed by atoms with Gasteiger partial charge in [0, 0.05) is 16.9 Å². The summed E-state index contributed by atoms with van der Waals surface area (Å²) in [7, 11) is 0. The molecule has 0 atom stereocenters. The van der Waals surface area contributed by atoms with Crippen molar-refractivity contribution in [3.8, 4) is 0 Å². The van der Waals surface area contributed by atoms with Crippen LogP contribution < -0.4 is 5.32 Å². The predicted molar refractivity (Wildman–Crippen MR) is 65.1 cm³/mol. The zero-order valence-corrected chi connectivity index (χ0v) is 9.03. The van der Waals surface area contributed by atoms with E-state index in [2.05, 4.69) is 41.5 Å². The van der Waals surface area contributed by atoms with Crippen molar-refractivity contribution in [1.82, 2.24) is 0 Å². The number of nitrogens with one attached hydrogen (secondary N) is 1. The summed E-state index contributed by atoms with van der Waals surface area (Å²) >= 11 is 1.78. The summed E-state index contributed by atoms with van der Waals surface area (Å²) in [6.07, 6.45) is 0. The quantitative estimate of drug-likeness (QED) is 0.746. The Bertz CT molecular complexity index is 456. The van der Waals surface area contributed by atoms with Crippen LogP contribution in [0.1, 0.15) is 6.92 Å². The Labute approximate surface area is 88.1 Å². The van der Waals surface area contributed by atoms with Gasteiger partial charge in [-0.3, -0.25) is 0 Å². The lowest BCUT2D eigenvalue weighted by atomic mass is 10.2. The predicted octanol–water partition coefficient (Wildman–Crippen LogP) is 3.89. The number of anilines is 1. The molecule has 0 spiro atoms. The summed E-state index contributed by atoms with van der Waals surface area (Å²) in [6, 6.07) is 8.59. The topological polar surface area (TPSA) is 12.0 Å². The molecule has 1 nitrogen and oxygen atoms in total. The van der Waals surface area contributed by atoms with Crippen molar-refractivity contribution in [1.29, 1.82) is 0 Å². The van der Waals surface area contributed by atoms with Gasteiger partial charge in [0.05, 0.1) is 0 Å². The van der Waals surface area contributed by atoms with Crippen LogP contribution in [0.25, 0.3) is 10.1 Å². The molecule has 2 heteroatoms. The van der Waals surface area contributed by atoms with Crippen LogP contribution in [0.5, 0.6) is 0 Å². The molecule has 1 heterocycles. The van der Waals surface area contributed by atoms with Crippen molar-refractivity contribution in [2.75, 3.05) is 11.9 Å². The third kappa shape index (κ3) is 1.96. The van der Waals surface area contributed by atoms with E-state index in [1.165, 1.54) is 15.8 Å². The average molecular weight is 203 g/mol. The maximum absolute atomic E-state index is 3.86. The Kier molecular flexibility index (Phi) is 2.55. The summed E-state index contributed by atoms with van der Waals surface area (Å²) < 4.78 is 1.34. The molecule has 14 heavy (non-hydrogen) atoms. The van der Waals surface area contributed by atoms with E-state index >= 15 is 0 Å². The lowest BCUT2D eigenvalue weighted by Gasteiger charge is -2.05. The fraction of sp³-hybridized carbons (Fsp3) is 0.167. The van der Waals surface area contributed by atoms with E-state index in [9.17, 15) is 0 Å². The summed E-state index contributed by atoms with van der Waals surface area (Å²) in [5, 5.41) is 6.76. The molecule has 0 unspecified atom stereocenters. The molecule has 0 saturated carbocycles. The van der Waals surface area contributed by atoms with Gasteiger partial charge in [0.15, 0.2) is 0 Å². The number of thiophene rings is 1. The molecule has 72 valence electrons. The smallest absolute Gasteiger partial charge is 0.0354 e. The standard InChI is InChI=1S/C12H13NS/c1-9(2)8-13-11-3-4-12-10(7-11)5-6-14-12/h3-7,13H,1,8H2,2H3. The minimum atomic E-state index is 0.843. The van der Waals surface area contributed by atoms with Gasteiger partial charge in [0.1, 0.15) is 0 Å². The first-order chi connectivity index (χ1) is 6.75. The SMILES string of the molecule is C=C(C)CNc1ccc2sccc2c1. The van der Waals surface area contributed by atoms with Crippen molar-refractivity contribution in [3.63, 3.8) is 0 Å². The Balaban J connectivity index is 2.21. The van der Waals surface area contributed by atoms with Crippen molar-refractivity contribution >= 4 is 27.1 Å². The molecular formula is C12H13NS. The first kappa shape index (κ1) is 9.28. The normalized spacial score (nSPS) is 10.4. The molecule has 0 aliphatic carbocycles. The van der Waals surface area contributed by atoms with Gasteiger partial charge < -0.3 is 5.32 Å². The highest BCUT2D eigenvalue weighted by atomic mass is 32.1. The molecule has 0 radical (unpaired) electrons. The average Bonchev–Trinajstić information content (AvgIpc) is 2.61. The van der Waals surface area contributed by atoms with E-state index in [0.717, 1.165) is 12.1 Å². The minimum Gasteiger partial charge on any atom is -0.381 e. The van der Waals surface area contributed by atoms with Crippen LogP contribution in [0.4, 0.5) is 5.69 Å². The van der Waals surface area contributed by atoms with Crippen LogP contribution in [0.15, 0.2) is 41.8 Å². The Morgan fingerprint density at radius 3 is 3.07 bits per heavy atom. The first-order valence-corrected chi connectivity index (χ1v) is 5.49. The molecule has 2 aromatic rings. The number of benzene rings is 1. The fourth-order valence-electron chi connectivity index (χ4n) is 1.33. The highest BCUT2D eigenvalue weighted by molar-refractivity contribution is 7.17. The van der Waals surface area contributed by atoms with Gasteiger partial charge in [-0.1, -0.05) is 12.2 Å². The van der Waals surface area contributed by atoms with E-state index < -0.39 is 0 Å². The lowest BCUT2D eigenvalue weighted by Crippen LogP contribution is -2.01. The Hall–Kier alpha value is -1.28. The third-order valence-corrected chi connectivity index (χ3v) is 2.94. The first-order valence-electron chi connectivity index (χ1n) is 4.61. The zero-order chi connectivity index (χ0) is 9.97. The van der Waals surface area contributed by atoms with Gasteiger partial charge in [-0.25, -0.2) is 0 Å². The molecule has 0 aliphatic rings. The molecule has 1 aromatic heterocycles. The molecule has 0 aliphatic heterocycles. The molecule has 0 fully saturated rings. The summed E-state index contributed by atoms with van der Waals surface area (Å²) in [5.41, 5.74) is 2.31. The van der Waals surface area contributed by atoms with Crippen molar-refractivity contribution < 1.29 is 0 Å². The minimum absolute atomic E-state index is 0.843. The highest BCUT2D eigenvalue weighted by Gasteiger charge is 1.96. The second-order valence-electron chi connectivity index (χ2n) is 3.48. The zero-order valence-electron chi connectivity index (χ0n) is 8.21. The monoisotopic (exact) mass is 203 g/mol. The van der Waals surface area contributed by atoms with E-state index in [-0.39, 0.29) is 0 Å². The van der Waals surface area contributed by atoms with E-state index in [0.29, 0.717) is 0 Å². The van der Waals surface area contributed by atoms with Crippen LogP contribution in [0, 0.1) is 0 Å². The van der Waals surface area contributed by atoms with Crippen LogP contribution in [0.2, 0.25) is 0 Å². The maximum atomic E-state index is 3.86. The fourth-order valence-corrected chi connectivity index (χ4v) is 2.10. The van der Waals surface area contributed by atoms with E-state index in [4.69, 9.17) is 0 Å². The van der Waals surface area contributed by atoms with Gasteiger partial charge in [-0.15, -0.1) is 11.3 Å². The van der Waals surface area contributed by atoms with Crippen LogP contribution in [-0.4, -0.2) is 6.54 Å². The molecular weight excluding hydrogens is 190 g/mol. The van der Waals surface area contributed by atoms with Crippen molar-refractivity contribution in [2.45, 2.75) is 6.92 Å². The Morgan fingerprint density at radius 1 is 1.43 bits per heavy atom. The highest BCUT2D eigenvalue weighted by Crippen LogP contribution is 2.23. The third-order valence-electron chi connectivity index (χ3n) is 2.05. The van der Waals surface area contributed by atoms with Gasteiger partial charge in [-0.05, 0) is 42.0 Å². The molecule has 2 rings (SSSR count).